The number of imidazole rings is 1. The molecule has 4 atom stereocenters. The summed E-state index contributed by atoms with van der Waals surface area (Å²) >= 11 is 0. The highest BCUT2D eigenvalue weighted by molar-refractivity contribution is 5.92. The summed E-state index contributed by atoms with van der Waals surface area (Å²) in [6, 6.07) is -3.90. The number of amides is 3. The highest BCUT2D eigenvalue weighted by Gasteiger charge is 2.27. The van der Waals surface area contributed by atoms with Crippen LogP contribution < -0.4 is 21.7 Å². The number of aromatic nitrogens is 2. The summed E-state index contributed by atoms with van der Waals surface area (Å²) in [4.78, 5) is 64.9. The summed E-state index contributed by atoms with van der Waals surface area (Å²) in [5, 5.41) is 33.9. The molecule has 0 fully saturated rings. The number of H-pyrrole nitrogens is 1. The molecule has 0 saturated heterocycles. The number of rotatable bonds is 13. The summed E-state index contributed by atoms with van der Waals surface area (Å²) in [5.74, 6) is -5.07. The van der Waals surface area contributed by atoms with Gasteiger partial charge in [-0.15, -0.1) is 0 Å². The van der Waals surface area contributed by atoms with Crippen molar-refractivity contribution in [1.82, 2.24) is 25.9 Å². The number of carboxylic acids is 2. The molecule has 0 aliphatic rings. The van der Waals surface area contributed by atoms with Crippen LogP contribution in [0.25, 0.3) is 0 Å². The van der Waals surface area contributed by atoms with E-state index in [4.69, 9.17) is 15.9 Å². The molecular formula is C17H26N6O8. The summed E-state index contributed by atoms with van der Waals surface area (Å²) in [6.45, 7) is 0.690. The van der Waals surface area contributed by atoms with E-state index in [0.29, 0.717) is 5.69 Å². The zero-order chi connectivity index (χ0) is 23.6. The number of hydrogen-bond donors (Lipinski definition) is 8. The van der Waals surface area contributed by atoms with Crippen LogP contribution in [0.1, 0.15) is 25.5 Å². The van der Waals surface area contributed by atoms with Gasteiger partial charge in [0.05, 0.1) is 19.0 Å². The van der Waals surface area contributed by atoms with E-state index >= 15 is 0 Å². The summed E-state index contributed by atoms with van der Waals surface area (Å²) in [5.41, 5.74) is 6.06. The fraction of sp³-hybridized carbons (Fsp3) is 0.529. The Morgan fingerprint density at radius 2 is 1.81 bits per heavy atom. The van der Waals surface area contributed by atoms with Crippen molar-refractivity contribution in [3.63, 3.8) is 0 Å². The minimum atomic E-state index is -1.44. The first-order valence-electron chi connectivity index (χ1n) is 9.24. The van der Waals surface area contributed by atoms with Gasteiger partial charge in [-0.1, -0.05) is 0 Å². The van der Waals surface area contributed by atoms with Crippen molar-refractivity contribution in [3.8, 4) is 0 Å². The average molecular weight is 442 g/mol. The van der Waals surface area contributed by atoms with Crippen LogP contribution in [0.2, 0.25) is 0 Å². The van der Waals surface area contributed by atoms with E-state index in [1.165, 1.54) is 19.4 Å². The Morgan fingerprint density at radius 1 is 1.13 bits per heavy atom. The zero-order valence-corrected chi connectivity index (χ0v) is 16.7. The van der Waals surface area contributed by atoms with Crippen molar-refractivity contribution in [2.75, 3.05) is 6.54 Å². The van der Waals surface area contributed by atoms with Gasteiger partial charge in [0, 0.05) is 24.7 Å². The third kappa shape index (κ3) is 9.22. The molecule has 14 heteroatoms. The fourth-order valence-corrected chi connectivity index (χ4v) is 2.37. The number of nitrogens with zero attached hydrogens (tertiary/aromatic N) is 1. The Kier molecular flexibility index (Phi) is 10.1. The first-order chi connectivity index (χ1) is 14.5. The number of carboxylic acid groups (broad SMARTS) is 2. The maximum Gasteiger partial charge on any atom is 0.326 e. The number of nitrogens with two attached hydrogens (primary N) is 1. The van der Waals surface area contributed by atoms with Crippen LogP contribution in [-0.2, 0) is 30.4 Å². The van der Waals surface area contributed by atoms with Crippen molar-refractivity contribution in [1.29, 1.82) is 0 Å². The summed E-state index contributed by atoms with van der Waals surface area (Å²) in [7, 11) is 0. The fourth-order valence-electron chi connectivity index (χ4n) is 2.37. The van der Waals surface area contributed by atoms with E-state index in [-0.39, 0.29) is 12.8 Å². The van der Waals surface area contributed by atoms with Crippen molar-refractivity contribution < 1.29 is 39.3 Å². The second-order valence-corrected chi connectivity index (χ2v) is 6.72. The molecule has 1 aromatic heterocycles. The van der Waals surface area contributed by atoms with Crippen molar-refractivity contribution in [2.45, 2.75) is 50.4 Å². The van der Waals surface area contributed by atoms with E-state index in [2.05, 4.69) is 25.9 Å². The molecule has 0 aliphatic carbocycles. The van der Waals surface area contributed by atoms with E-state index in [1.54, 1.807) is 0 Å². The van der Waals surface area contributed by atoms with E-state index < -0.39 is 66.9 Å². The van der Waals surface area contributed by atoms with Crippen molar-refractivity contribution >= 4 is 29.7 Å². The number of hydrogen-bond acceptors (Lipinski definition) is 8. The van der Waals surface area contributed by atoms with Crippen LogP contribution in [0.3, 0.4) is 0 Å². The molecule has 0 spiro atoms. The van der Waals surface area contributed by atoms with Gasteiger partial charge in [-0.05, 0) is 13.3 Å². The number of carbonyl (C=O) groups excluding carboxylic acids is 3. The third-order valence-corrected chi connectivity index (χ3v) is 4.14. The molecule has 0 aliphatic heterocycles. The van der Waals surface area contributed by atoms with E-state index in [1.807, 2.05) is 0 Å². The van der Waals surface area contributed by atoms with Crippen LogP contribution >= 0.6 is 0 Å². The monoisotopic (exact) mass is 442 g/mol. The van der Waals surface area contributed by atoms with Gasteiger partial charge >= 0.3 is 11.9 Å². The van der Waals surface area contributed by atoms with E-state index in [0.717, 1.165) is 0 Å². The lowest BCUT2D eigenvalue weighted by Gasteiger charge is -2.21. The molecule has 31 heavy (non-hydrogen) atoms. The maximum absolute atomic E-state index is 12.5. The molecule has 1 rings (SSSR count). The van der Waals surface area contributed by atoms with Gasteiger partial charge in [0.1, 0.15) is 18.1 Å². The van der Waals surface area contributed by atoms with Gasteiger partial charge in [0.25, 0.3) is 0 Å². The number of aromatic amines is 1. The standard InChI is InChI=1S/C17H26N6O8/c1-8(24)14(18)16(29)23-11(4-9-5-19-7-21-9)15(28)20-6-12(25)22-10(17(30)31)2-3-13(26)27/h5,7-8,10-11,14,24H,2-4,6,18H2,1H3,(H,19,21)(H,20,28)(H,22,25)(H,23,29)(H,26,27)(H,30,31). The number of nitrogens with one attached hydrogen (secondary N) is 4. The van der Waals surface area contributed by atoms with Crippen LogP contribution in [-0.4, -0.2) is 85.7 Å². The van der Waals surface area contributed by atoms with Crippen molar-refractivity contribution in [2.24, 2.45) is 5.73 Å². The molecule has 0 bridgehead atoms. The minimum Gasteiger partial charge on any atom is -0.481 e. The number of aliphatic carboxylic acids is 2. The SMILES string of the molecule is CC(O)C(N)C(=O)NC(Cc1cnc[nH]1)C(=O)NCC(=O)NC(CCC(=O)O)C(=O)O. The lowest BCUT2D eigenvalue weighted by atomic mass is 10.1. The average Bonchev–Trinajstić information content (AvgIpc) is 3.20. The minimum absolute atomic E-state index is 0.0257. The van der Waals surface area contributed by atoms with Crippen LogP contribution in [0.4, 0.5) is 0 Å². The topological polar surface area (TPSA) is 237 Å². The highest BCUT2D eigenvalue weighted by atomic mass is 16.4. The zero-order valence-electron chi connectivity index (χ0n) is 16.7. The third-order valence-electron chi connectivity index (χ3n) is 4.14. The Morgan fingerprint density at radius 3 is 2.32 bits per heavy atom. The van der Waals surface area contributed by atoms with Gasteiger partial charge in [0.2, 0.25) is 17.7 Å². The smallest absolute Gasteiger partial charge is 0.326 e. The Labute approximate surface area is 176 Å². The molecule has 0 aromatic carbocycles. The predicted molar refractivity (Wildman–Crippen MR) is 103 cm³/mol. The molecule has 0 radical (unpaired) electrons. The molecule has 0 saturated carbocycles. The Bertz CT molecular complexity index is 782. The summed E-state index contributed by atoms with van der Waals surface area (Å²) < 4.78 is 0. The van der Waals surface area contributed by atoms with Gasteiger partial charge in [-0.2, -0.15) is 0 Å². The molecule has 9 N–H and O–H groups in total. The predicted octanol–water partition coefficient (Wildman–Crippen LogP) is -3.30. The molecule has 172 valence electrons. The molecule has 1 heterocycles. The molecular weight excluding hydrogens is 416 g/mol. The number of aliphatic hydroxyl groups excluding tert-OH is 1. The quantitative estimate of drug-likeness (QED) is 0.151. The molecule has 4 unspecified atom stereocenters. The highest BCUT2D eigenvalue weighted by Crippen LogP contribution is 2.01. The van der Waals surface area contributed by atoms with Crippen LogP contribution in [0.5, 0.6) is 0 Å². The number of carbonyl (C=O) groups is 5. The van der Waals surface area contributed by atoms with Crippen molar-refractivity contribution in [3.05, 3.63) is 18.2 Å². The lowest BCUT2D eigenvalue weighted by Crippen LogP contribution is -2.56. The van der Waals surface area contributed by atoms with E-state index in [9.17, 15) is 29.1 Å². The number of aliphatic hydroxyl groups is 1. The van der Waals surface area contributed by atoms with Gasteiger partial charge in [-0.25, -0.2) is 9.78 Å². The van der Waals surface area contributed by atoms with Crippen LogP contribution in [0.15, 0.2) is 12.5 Å². The van der Waals surface area contributed by atoms with Gasteiger partial charge < -0.3 is 42.0 Å². The van der Waals surface area contributed by atoms with Gasteiger partial charge in [-0.3, -0.25) is 19.2 Å². The molecule has 3 amide bonds. The van der Waals surface area contributed by atoms with Crippen LogP contribution in [0, 0.1) is 0 Å². The maximum atomic E-state index is 12.5. The lowest BCUT2D eigenvalue weighted by molar-refractivity contribution is -0.143. The second-order valence-electron chi connectivity index (χ2n) is 6.72. The first-order valence-corrected chi connectivity index (χ1v) is 9.24. The molecule has 1 aromatic rings. The Hall–Kier alpha value is -3.52. The largest absolute Gasteiger partial charge is 0.481 e. The molecule has 14 nitrogen and oxygen atoms in total. The normalized spacial score (nSPS) is 14.5. The second kappa shape index (κ2) is 12.2. The van der Waals surface area contributed by atoms with Gasteiger partial charge in [0.15, 0.2) is 0 Å². The first kappa shape index (κ1) is 25.5. The Balaban J connectivity index is 2.71. The summed E-state index contributed by atoms with van der Waals surface area (Å²) in [6.07, 6.45) is 0.798.